The molecule has 0 fully saturated rings. The molecule has 30 heavy (non-hydrogen) atoms. The van der Waals surface area contributed by atoms with Crippen LogP contribution in [0, 0.1) is 6.92 Å². The van der Waals surface area contributed by atoms with E-state index in [0.29, 0.717) is 5.75 Å². The van der Waals surface area contributed by atoms with Crippen LogP contribution in [0.15, 0.2) is 48.5 Å². The predicted octanol–water partition coefficient (Wildman–Crippen LogP) is 6.81. The molecule has 2 aromatic rings. The molecule has 164 valence electrons. The summed E-state index contributed by atoms with van der Waals surface area (Å²) in [4.78, 5) is 12.3. The van der Waals surface area contributed by atoms with Crippen molar-refractivity contribution < 1.29 is 14.3 Å². The van der Waals surface area contributed by atoms with E-state index in [0.717, 1.165) is 11.5 Å². The lowest BCUT2D eigenvalue weighted by Crippen LogP contribution is -2.40. The van der Waals surface area contributed by atoms with E-state index in [4.69, 9.17) is 9.47 Å². The Morgan fingerprint density at radius 1 is 0.900 bits per heavy atom. The summed E-state index contributed by atoms with van der Waals surface area (Å²) in [5.41, 5.74) is 2.73. The van der Waals surface area contributed by atoms with E-state index < -0.39 is 5.60 Å². The van der Waals surface area contributed by atoms with Gasteiger partial charge in [0, 0.05) is 0 Å². The molecule has 0 saturated heterocycles. The van der Waals surface area contributed by atoms with E-state index in [2.05, 4.69) is 57.2 Å². The molecule has 0 bridgehead atoms. The van der Waals surface area contributed by atoms with Crippen LogP contribution in [-0.2, 0) is 13.6 Å². The molecule has 0 N–H and O–H groups in total. The van der Waals surface area contributed by atoms with Crippen molar-refractivity contribution in [2.75, 3.05) is 11.5 Å². The van der Waals surface area contributed by atoms with Crippen molar-refractivity contribution in [2.24, 2.45) is 0 Å². The van der Waals surface area contributed by atoms with Gasteiger partial charge in [0.15, 0.2) is 5.60 Å². The number of thioether (sulfide) groups is 2. The highest BCUT2D eigenvalue weighted by Crippen LogP contribution is 2.52. The van der Waals surface area contributed by atoms with Gasteiger partial charge in [0.1, 0.15) is 9.83 Å². The van der Waals surface area contributed by atoms with Gasteiger partial charge in [-0.3, -0.25) is 0 Å². The van der Waals surface area contributed by atoms with Gasteiger partial charge in [-0.15, -0.1) is 23.5 Å². The minimum Gasteiger partial charge on any atom is -0.476 e. The third-order valence-electron chi connectivity index (χ3n) is 4.57. The number of carbonyl (C=O) groups is 1. The van der Waals surface area contributed by atoms with Crippen LogP contribution in [0.2, 0.25) is 0 Å². The number of carbonyl (C=O) groups excluding carboxylic acids is 1. The first-order chi connectivity index (χ1) is 14.1. The summed E-state index contributed by atoms with van der Waals surface area (Å²) in [6.45, 7) is 13.7. The summed E-state index contributed by atoms with van der Waals surface area (Å²) in [7, 11) is 0. The largest absolute Gasteiger partial charge is 0.476 e. The smallest absolute Gasteiger partial charge is 0.350 e. The molecule has 0 aliphatic rings. The normalized spacial score (nSPS) is 12.1. The van der Waals surface area contributed by atoms with Crippen LogP contribution in [0.3, 0.4) is 0 Å². The molecule has 0 unspecified atom stereocenters. The molecule has 0 aliphatic heterocycles. The van der Waals surface area contributed by atoms with E-state index in [9.17, 15) is 4.79 Å². The quantitative estimate of drug-likeness (QED) is 0.296. The number of aryl methyl sites for hydroxylation is 1. The Bertz CT molecular complexity index is 805. The monoisotopic (exact) mass is 446 g/mol. The van der Waals surface area contributed by atoms with E-state index in [1.54, 1.807) is 13.8 Å². The van der Waals surface area contributed by atoms with Gasteiger partial charge in [-0.25, -0.2) is 4.79 Å². The molecule has 0 saturated carbocycles. The Hall–Kier alpha value is -1.59. The average Bonchev–Trinajstić information content (AvgIpc) is 2.68. The highest BCUT2D eigenvalue weighted by Gasteiger charge is 2.36. The summed E-state index contributed by atoms with van der Waals surface area (Å²) < 4.78 is 11.1. The Morgan fingerprint density at radius 3 is 1.80 bits per heavy atom. The van der Waals surface area contributed by atoms with Crippen molar-refractivity contribution >= 4 is 29.5 Å². The van der Waals surface area contributed by atoms with E-state index in [1.807, 2.05) is 49.5 Å². The van der Waals surface area contributed by atoms with Gasteiger partial charge in [-0.2, -0.15) is 0 Å². The van der Waals surface area contributed by atoms with Gasteiger partial charge in [-0.05, 0) is 69.4 Å². The standard InChI is InChI=1S/C25H34O3S2/c1-8-29-25(30-9-2,20-12-10-19(5)11-13-20)21-14-16-22(17-15-21)28-24(6,7)23(26)27-18(3)4/h10-18H,8-9H2,1-7H3. The minimum absolute atomic E-state index is 0.171. The van der Waals surface area contributed by atoms with Gasteiger partial charge in [0.25, 0.3) is 0 Å². The zero-order valence-corrected chi connectivity index (χ0v) is 20.8. The third kappa shape index (κ3) is 5.98. The lowest BCUT2D eigenvalue weighted by Gasteiger charge is -2.34. The number of benzene rings is 2. The number of hydrogen-bond donors (Lipinski definition) is 0. The van der Waals surface area contributed by atoms with Gasteiger partial charge in [-0.1, -0.05) is 55.8 Å². The molecule has 3 nitrogen and oxygen atoms in total. The fourth-order valence-corrected chi connectivity index (χ4v) is 6.22. The van der Waals surface area contributed by atoms with Crippen LogP contribution in [0.25, 0.3) is 0 Å². The van der Waals surface area contributed by atoms with Crippen molar-refractivity contribution in [1.82, 2.24) is 0 Å². The summed E-state index contributed by atoms with van der Waals surface area (Å²) >= 11 is 3.88. The summed E-state index contributed by atoms with van der Waals surface area (Å²) in [6.07, 6.45) is -0.171. The molecule has 0 aromatic heterocycles. The maximum absolute atomic E-state index is 12.3. The Kier molecular flexibility index (Phi) is 8.74. The lowest BCUT2D eigenvalue weighted by molar-refractivity contribution is -0.163. The topological polar surface area (TPSA) is 35.5 Å². The molecule has 2 rings (SSSR count). The molecule has 2 aromatic carbocycles. The zero-order valence-electron chi connectivity index (χ0n) is 19.2. The van der Waals surface area contributed by atoms with Crippen molar-refractivity contribution in [3.05, 3.63) is 65.2 Å². The van der Waals surface area contributed by atoms with E-state index in [1.165, 1.54) is 16.7 Å². The van der Waals surface area contributed by atoms with Gasteiger partial charge >= 0.3 is 5.97 Å². The zero-order chi connectivity index (χ0) is 22.4. The molecule has 0 amide bonds. The first-order valence-corrected chi connectivity index (χ1v) is 12.5. The van der Waals surface area contributed by atoms with E-state index in [-0.39, 0.29) is 16.2 Å². The molecule has 0 atom stereocenters. The molecular weight excluding hydrogens is 412 g/mol. The van der Waals surface area contributed by atoms with Crippen molar-refractivity contribution in [1.29, 1.82) is 0 Å². The highest BCUT2D eigenvalue weighted by atomic mass is 32.2. The second kappa shape index (κ2) is 10.6. The number of hydrogen-bond acceptors (Lipinski definition) is 5. The molecule has 0 heterocycles. The maximum Gasteiger partial charge on any atom is 0.350 e. The van der Waals surface area contributed by atoms with Crippen LogP contribution < -0.4 is 4.74 Å². The van der Waals surface area contributed by atoms with Crippen LogP contribution >= 0.6 is 23.5 Å². The Morgan fingerprint density at radius 2 is 1.37 bits per heavy atom. The van der Waals surface area contributed by atoms with Gasteiger partial charge in [0.05, 0.1) is 6.10 Å². The fourth-order valence-electron chi connectivity index (χ4n) is 3.16. The first kappa shape index (κ1) is 24.7. The van der Waals surface area contributed by atoms with Gasteiger partial charge in [0.2, 0.25) is 0 Å². The molecule has 0 radical (unpaired) electrons. The van der Waals surface area contributed by atoms with Crippen LogP contribution in [0.5, 0.6) is 5.75 Å². The van der Waals surface area contributed by atoms with Crippen molar-refractivity contribution in [3.63, 3.8) is 0 Å². The lowest BCUT2D eigenvalue weighted by atomic mass is 10.0. The van der Waals surface area contributed by atoms with Crippen molar-refractivity contribution in [3.8, 4) is 5.75 Å². The maximum atomic E-state index is 12.3. The average molecular weight is 447 g/mol. The fraction of sp³-hybridized carbons (Fsp3) is 0.480. The third-order valence-corrected chi connectivity index (χ3v) is 7.61. The Balaban J connectivity index is 2.35. The Labute approximate surface area is 190 Å². The van der Waals surface area contributed by atoms with Crippen LogP contribution in [0.1, 0.15) is 58.2 Å². The number of esters is 1. The van der Waals surface area contributed by atoms with Crippen LogP contribution in [0.4, 0.5) is 0 Å². The molecule has 0 aliphatic carbocycles. The minimum atomic E-state index is -1.05. The second-order valence-corrected chi connectivity index (χ2v) is 11.2. The SMILES string of the molecule is CCSC(SCC)(c1ccc(C)cc1)c1ccc(OC(C)(C)C(=O)OC(C)C)cc1. The van der Waals surface area contributed by atoms with Crippen LogP contribution in [-0.4, -0.2) is 29.2 Å². The van der Waals surface area contributed by atoms with Crippen molar-refractivity contribution in [2.45, 2.75) is 64.3 Å². The molecule has 0 spiro atoms. The summed E-state index contributed by atoms with van der Waals surface area (Å²) in [5.74, 6) is 2.31. The predicted molar refractivity (Wildman–Crippen MR) is 131 cm³/mol. The highest BCUT2D eigenvalue weighted by molar-refractivity contribution is 8.17. The molecular formula is C25H34O3S2. The molecule has 5 heteroatoms. The summed E-state index contributed by atoms with van der Waals surface area (Å²) in [5, 5.41) is 0. The van der Waals surface area contributed by atoms with E-state index >= 15 is 0 Å². The first-order valence-electron chi connectivity index (χ1n) is 10.5. The number of ether oxygens (including phenoxy) is 2. The van der Waals surface area contributed by atoms with Gasteiger partial charge < -0.3 is 9.47 Å². The summed E-state index contributed by atoms with van der Waals surface area (Å²) in [6, 6.07) is 17.0. The second-order valence-electron chi connectivity index (χ2n) is 7.94. The number of rotatable bonds is 10.